The summed E-state index contributed by atoms with van der Waals surface area (Å²) in [7, 11) is 0. The maximum Gasteiger partial charge on any atom is 0.231 e. The Bertz CT molecular complexity index is 942. The number of hydrogen-bond acceptors (Lipinski definition) is 5. The van der Waals surface area contributed by atoms with Crippen molar-refractivity contribution in [2.45, 2.75) is 6.42 Å². The largest absolute Gasteiger partial charge is 0.454 e. The fourth-order valence-electron chi connectivity index (χ4n) is 2.49. The summed E-state index contributed by atoms with van der Waals surface area (Å²) in [5.41, 5.74) is 1.07. The van der Waals surface area contributed by atoms with Crippen LogP contribution in [0.15, 0.2) is 48.7 Å². The number of thiazole rings is 1. The molecule has 2 aromatic carbocycles. The molecule has 0 spiro atoms. The Hall–Kier alpha value is -2.93. The monoisotopic (exact) mass is 356 g/mol. The molecule has 0 fully saturated rings. The lowest BCUT2D eigenvalue weighted by molar-refractivity contribution is -0.115. The molecule has 1 aliphatic heterocycles. The Morgan fingerprint density at radius 3 is 2.92 bits per heavy atom. The van der Waals surface area contributed by atoms with Crippen molar-refractivity contribution in [1.82, 2.24) is 4.98 Å². The molecule has 1 aliphatic rings. The van der Waals surface area contributed by atoms with Crippen LogP contribution in [-0.2, 0) is 11.2 Å². The summed E-state index contributed by atoms with van der Waals surface area (Å²) in [5.74, 6) is 0.767. The number of amides is 1. The van der Waals surface area contributed by atoms with Crippen molar-refractivity contribution in [3.8, 4) is 22.1 Å². The molecule has 1 N–H and O–H groups in total. The van der Waals surface area contributed by atoms with Crippen LogP contribution < -0.4 is 14.8 Å². The third-order valence-corrected chi connectivity index (χ3v) is 4.68. The first-order valence-electron chi connectivity index (χ1n) is 7.58. The van der Waals surface area contributed by atoms with E-state index in [1.165, 1.54) is 17.4 Å². The van der Waals surface area contributed by atoms with Crippen LogP contribution in [0.5, 0.6) is 11.5 Å². The first-order valence-corrected chi connectivity index (χ1v) is 8.40. The fraction of sp³-hybridized carbons (Fsp3) is 0.111. The number of nitrogens with zero attached hydrogens (tertiary/aromatic N) is 1. The zero-order valence-electron chi connectivity index (χ0n) is 13.0. The van der Waals surface area contributed by atoms with Gasteiger partial charge in [0, 0.05) is 28.4 Å². The van der Waals surface area contributed by atoms with Gasteiger partial charge in [-0.2, -0.15) is 0 Å². The van der Waals surface area contributed by atoms with Gasteiger partial charge in [-0.05, 0) is 24.3 Å². The topological polar surface area (TPSA) is 60.5 Å². The fourth-order valence-corrected chi connectivity index (χ4v) is 3.42. The zero-order chi connectivity index (χ0) is 17.2. The summed E-state index contributed by atoms with van der Waals surface area (Å²) in [6, 6.07) is 11.7. The van der Waals surface area contributed by atoms with E-state index in [0.29, 0.717) is 27.8 Å². The van der Waals surface area contributed by atoms with E-state index in [-0.39, 0.29) is 24.9 Å². The summed E-state index contributed by atoms with van der Waals surface area (Å²) in [4.78, 5) is 17.2. The molecule has 1 aromatic heterocycles. The Labute approximate surface area is 147 Å². The molecule has 3 aromatic rings. The highest BCUT2D eigenvalue weighted by molar-refractivity contribution is 7.15. The van der Waals surface area contributed by atoms with Gasteiger partial charge in [0.25, 0.3) is 0 Å². The molecule has 0 saturated carbocycles. The van der Waals surface area contributed by atoms with Crippen LogP contribution in [0.1, 0.15) is 4.88 Å². The maximum absolute atomic E-state index is 13.8. The third kappa shape index (κ3) is 3.32. The Morgan fingerprint density at radius 2 is 2.04 bits per heavy atom. The van der Waals surface area contributed by atoms with Gasteiger partial charge in [0.15, 0.2) is 11.5 Å². The van der Waals surface area contributed by atoms with E-state index in [4.69, 9.17) is 9.47 Å². The molecular formula is C18H13FN2O3S. The van der Waals surface area contributed by atoms with Crippen molar-refractivity contribution in [1.29, 1.82) is 0 Å². The number of anilines is 1. The Morgan fingerprint density at radius 1 is 1.20 bits per heavy atom. The van der Waals surface area contributed by atoms with Gasteiger partial charge in [0.2, 0.25) is 12.7 Å². The minimum atomic E-state index is -0.326. The lowest BCUT2D eigenvalue weighted by Gasteiger charge is -2.05. The highest BCUT2D eigenvalue weighted by Gasteiger charge is 2.15. The first-order chi connectivity index (χ1) is 12.2. The lowest BCUT2D eigenvalue weighted by atomic mass is 10.2. The molecule has 0 atom stereocenters. The SMILES string of the molecule is O=C(Cc1cnc(-c2ccccc2F)s1)Nc1ccc2c(c1)OCO2. The second-order valence-electron chi connectivity index (χ2n) is 5.40. The van der Waals surface area contributed by atoms with E-state index in [2.05, 4.69) is 10.3 Å². The van der Waals surface area contributed by atoms with Crippen molar-refractivity contribution >= 4 is 22.9 Å². The molecule has 0 radical (unpaired) electrons. The third-order valence-electron chi connectivity index (χ3n) is 3.65. The molecular weight excluding hydrogens is 343 g/mol. The normalized spacial score (nSPS) is 12.2. The summed E-state index contributed by atoms with van der Waals surface area (Å²) in [6.07, 6.45) is 1.77. The van der Waals surface area contributed by atoms with Crippen LogP contribution in [0.25, 0.3) is 10.6 Å². The van der Waals surface area contributed by atoms with Gasteiger partial charge >= 0.3 is 0 Å². The van der Waals surface area contributed by atoms with Crippen LogP contribution in [-0.4, -0.2) is 17.7 Å². The second kappa shape index (κ2) is 6.52. The van der Waals surface area contributed by atoms with Crippen LogP contribution in [0.3, 0.4) is 0 Å². The molecule has 25 heavy (non-hydrogen) atoms. The lowest BCUT2D eigenvalue weighted by Crippen LogP contribution is -2.13. The number of carbonyl (C=O) groups is 1. The highest BCUT2D eigenvalue weighted by atomic mass is 32.1. The van der Waals surface area contributed by atoms with E-state index in [1.807, 2.05) is 0 Å². The number of aromatic nitrogens is 1. The average molecular weight is 356 g/mol. The maximum atomic E-state index is 13.8. The van der Waals surface area contributed by atoms with Gasteiger partial charge in [0.1, 0.15) is 10.8 Å². The number of hydrogen-bond donors (Lipinski definition) is 1. The summed E-state index contributed by atoms with van der Waals surface area (Å²) in [5, 5.41) is 3.37. The van der Waals surface area contributed by atoms with Gasteiger partial charge < -0.3 is 14.8 Å². The molecule has 0 aliphatic carbocycles. The van der Waals surface area contributed by atoms with Gasteiger partial charge in [-0.1, -0.05) is 12.1 Å². The van der Waals surface area contributed by atoms with E-state index in [1.54, 1.807) is 42.6 Å². The van der Waals surface area contributed by atoms with Crippen LogP contribution in [0.2, 0.25) is 0 Å². The molecule has 0 unspecified atom stereocenters. The minimum Gasteiger partial charge on any atom is -0.454 e. The Kier molecular flexibility index (Phi) is 4.07. The van der Waals surface area contributed by atoms with Gasteiger partial charge in [-0.25, -0.2) is 9.37 Å². The molecule has 7 heteroatoms. The average Bonchev–Trinajstić information content (AvgIpc) is 3.24. The number of carbonyl (C=O) groups excluding carboxylic acids is 1. The van der Waals surface area contributed by atoms with Crippen LogP contribution in [0.4, 0.5) is 10.1 Å². The first kappa shape index (κ1) is 15.6. The van der Waals surface area contributed by atoms with Crippen molar-refractivity contribution in [2.75, 3.05) is 12.1 Å². The number of halogens is 1. The van der Waals surface area contributed by atoms with Gasteiger partial charge in [0.05, 0.1) is 6.42 Å². The van der Waals surface area contributed by atoms with Gasteiger partial charge in [-0.15, -0.1) is 11.3 Å². The van der Waals surface area contributed by atoms with E-state index < -0.39 is 0 Å². The van der Waals surface area contributed by atoms with Crippen molar-refractivity contribution in [3.05, 3.63) is 59.4 Å². The van der Waals surface area contributed by atoms with E-state index >= 15 is 0 Å². The van der Waals surface area contributed by atoms with E-state index in [0.717, 1.165) is 4.88 Å². The summed E-state index contributed by atoms with van der Waals surface area (Å²) >= 11 is 1.30. The van der Waals surface area contributed by atoms with Crippen molar-refractivity contribution in [2.24, 2.45) is 0 Å². The predicted octanol–water partition coefficient (Wildman–Crippen LogP) is 3.86. The minimum absolute atomic E-state index is 0.167. The summed E-state index contributed by atoms with van der Waals surface area (Å²) < 4.78 is 24.3. The zero-order valence-corrected chi connectivity index (χ0v) is 13.8. The molecule has 0 saturated heterocycles. The van der Waals surface area contributed by atoms with Crippen molar-refractivity contribution < 1.29 is 18.7 Å². The smallest absolute Gasteiger partial charge is 0.231 e. The van der Waals surface area contributed by atoms with Crippen LogP contribution in [0, 0.1) is 5.82 Å². The standard InChI is InChI=1S/C18H13FN2O3S/c19-14-4-2-1-3-13(14)18-20-9-12(25-18)8-17(22)21-11-5-6-15-16(7-11)24-10-23-15/h1-7,9H,8,10H2,(H,21,22). The molecule has 2 heterocycles. The quantitative estimate of drug-likeness (QED) is 0.771. The number of benzene rings is 2. The molecule has 126 valence electrons. The number of fused-ring (bicyclic) bond motifs is 1. The predicted molar refractivity (Wildman–Crippen MR) is 92.4 cm³/mol. The number of nitrogens with one attached hydrogen (secondary N) is 1. The van der Waals surface area contributed by atoms with Crippen LogP contribution >= 0.6 is 11.3 Å². The number of ether oxygens (including phenoxy) is 2. The summed E-state index contributed by atoms with van der Waals surface area (Å²) in [6.45, 7) is 0.187. The number of rotatable bonds is 4. The second-order valence-corrected chi connectivity index (χ2v) is 6.52. The molecule has 5 nitrogen and oxygen atoms in total. The Balaban J connectivity index is 1.44. The molecule has 1 amide bonds. The molecule has 0 bridgehead atoms. The van der Waals surface area contributed by atoms with Crippen molar-refractivity contribution in [3.63, 3.8) is 0 Å². The highest BCUT2D eigenvalue weighted by Crippen LogP contribution is 2.34. The van der Waals surface area contributed by atoms with E-state index in [9.17, 15) is 9.18 Å². The van der Waals surface area contributed by atoms with Gasteiger partial charge in [-0.3, -0.25) is 4.79 Å². The molecule has 4 rings (SSSR count).